The Morgan fingerprint density at radius 1 is 1.38 bits per heavy atom. The minimum absolute atomic E-state index is 0.282. The molecule has 4 heteroatoms. The Labute approximate surface area is 96.4 Å². The third kappa shape index (κ3) is 2.51. The second-order valence-electron chi connectivity index (χ2n) is 4.26. The fourth-order valence-electron chi connectivity index (χ4n) is 2.22. The van der Waals surface area contributed by atoms with Gasteiger partial charge in [-0.25, -0.2) is 5.01 Å². The summed E-state index contributed by atoms with van der Waals surface area (Å²) in [7, 11) is 1.66. The van der Waals surface area contributed by atoms with Gasteiger partial charge < -0.3 is 4.74 Å². The van der Waals surface area contributed by atoms with Crippen molar-refractivity contribution in [3.8, 4) is 5.75 Å². The molecule has 1 aliphatic heterocycles. The van der Waals surface area contributed by atoms with Gasteiger partial charge in [-0.2, -0.15) is 0 Å². The summed E-state index contributed by atoms with van der Waals surface area (Å²) in [6.07, 6.45) is 8.40. The summed E-state index contributed by atoms with van der Waals surface area (Å²) >= 11 is 0. The predicted molar refractivity (Wildman–Crippen MR) is 62.9 cm³/mol. The molecule has 88 valence electrons. The average Bonchev–Trinajstić information content (AvgIpc) is 2.54. The highest BCUT2D eigenvalue weighted by molar-refractivity contribution is 5.26. The number of aromatic nitrogens is 1. The highest BCUT2D eigenvalue weighted by atomic mass is 16.5. The minimum atomic E-state index is 0.282. The standard InChI is InChI=1S/C12H19N3O/c1-16-11-7-10(8-14-9-11)12-5-3-2-4-6-15(12)13/h7-9,12H,2-6,13H2,1H3/t12-/m1/s1. The maximum Gasteiger partial charge on any atom is 0.137 e. The van der Waals surface area contributed by atoms with E-state index in [0.29, 0.717) is 0 Å². The number of ether oxygens (including phenoxy) is 1. The van der Waals surface area contributed by atoms with E-state index < -0.39 is 0 Å². The molecule has 0 radical (unpaired) electrons. The number of hydrazine groups is 1. The van der Waals surface area contributed by atoms with Crippen LogP contribution in [-0.4, -0.2) is 23.6 Å². The van der Waals surface area contributed by atoms with Crippen molar-refractivity contribution in [2.75, 3.05) is 13.7 Å². The molecule has 1 aliphatic rings. The lowest BCUT2D eigenvalue weighted by Gasteiger charge is -2.25. The summed E-state index contributed by atoms with van der Waals surface area (Å²) in [5, 5.41) is 1.93. The Kier molecular flexibility index (Phi) is 3.74. The summed E-state index contributed by atoms with van der Waals surface area (Å²) < 4.78 is 5.19. The number of pyridine rings is 1. The van der Waals surface area contributed by atoms with Crippen molar-refractivity contribution in [2.24, 2.45) is 5.84 Å². The molecule has 0 aromatic carbocycles. The van der Waals surface area contributed by atoms with Crippen molar-refractivity contribution in [2.45, 2.75) is 31.7 Å². The molecule has 1 aromatic rings. The monoisotopic (exact) mass is 221 g/mol. The zero-order chi connectivity index (χ0) is 11.4. The molecule has 2 heterocycles. The van der Waals surface area contributed by atoms with Crippen LogP contribution >= 0.6 is 0 Å². The van der Waals surface area contributed by atoms with Crippen LogP contribution in [0.25, 0.3) is 0 Å². The van der Waals surface area contributed by atoms with E-state index in [1.807, 2.05) is 17.3 Å². The molecule has 1 atom stereocenters. The van der Waals surface area contributed by atoms with Gasteiger partial charge in [0.25, 0.3) is 0 Å². The largest absolute Gasteiger partial charge is 0.495 e. The van der Waals surface area contributed by atoms with E-state index >= 15 is 0 Å². The Morgan fingerprint density at radius 3 is 3.06 bits per heavy atom. The number of rotatable bonds is 2. The number of hydrogen-bond donors (Lipinski definition) is 1. The van der Waals surface area contributed by atoms with Crippen LogP contribution in [-0.2, 0) is 0 Å². The van der Waals surface area contributed by atoms with Gasteiger partial charge in [0.15, 0.2) is 0 Å². The summed E-state index contributed by atoms with van der Waals surface area (Å²) in [5.41, 5.74) is 1.16. The molecule has 0 bridgehead atoms. The van der Waals surface area contributed by atoms with Crippen molar-refractivity contribution >= 4 is 0 Å². The summed E-state index contributed by atoms with van der Waals surface area (Å²) in [4.78, 5) is 4.19. The summed E-state index contributed by atoms with van der Waals surface area (Å²) in [5.74, 6) is 6.87. The lowest BCUT2D eigenvalue weighted by atomic mass is 10.0. The number of nitrogens with two attached hydrogens (primary N) is 1. The topological polar surface area (TPSA) is 51.4 Å². The SMILES string of the molecule is COc1cncc([C@H]2CCCCCN2N)c1. The number of hydrogen-bond acceptors (Lipinski definition) is 4. The van der Waals surface area contributed by atoms with Crippen LogP contribution in [0.1, 0.15) is 37.3 Å². The van der Waals surface area contributed by atoms with Gasteiger partial charge in [-0.3, -0.25) is 10.8 Å². The molecule has 0 saturated carbocycles. The lowest BCUT2D eigenvalue weighted by molar-refractivity contribution is 0.206. The van der Waals surface area contributed by atoms with Gasteiger partial charge in [0.1, 0.15) is 5.75 Å². The quantitative estimate of drug-likeness (QED) is 0.775. The second kappa shape index (κ2) is 5.27. The maximum atomic E-state index is 6.07. The van der Waals surface area contributed by atoms with E-state index in [4.69, 9.17) is 10.6 Å². The molecular weight excluding hydrogens is 202 g/mol. The van der Waals surface area contributed by atoms with Gasteiger partial charge in [-0.1, -0.05) is 12.8 Å². The van der Waals surface area contributed by atoms with Gasteiger partial charge in [0, 0.05) is 12.7 Å². The molecule has 16 heavy (non-hydrogen) atoms. The number of nitrogens with zero attached hydrogens (tertiary/aromatic N) is 2. The van der Waals surface area contributed by atoms with Gasteiger partial charge in [0.05, 0.1) is 19.3 Å². The predicted octanol–water partition coefficient (Wildman–Crippen LogP) is 1.88. The van der Waals surface area contributed by atoms with Gasteiger partial charge >= 0.3 is 0 Å². The first-order valence-corrected chi connectivity index (χ1v) is 5.81. The smallest absolute Gasteiger partial charge is 0.137 e. The molecule has 0 amide bonds. The third-order valence-corrected chi connectivity index (χ3v) is 3.15. The fourth-order valence-corrected chi connectivity index (χ4v) is 2.22. The van der Waals surface area contributed by atoms with Crippen LogP contribution in [0.2, 0.25) is 0 Å². The molecule has 0 unspecified atom stereocenters. The van der Waals surface area contributed by atoms with Gasteiger partial charge in [-0.15, -0.1) is 0 Å². The van der Waals surface area contributed by atoms with Crippen molar-refractivity contribution in [1.82, 2.24) is 9.99 Å². The first-order chi connectivity index (χ1) is 7.81. The Morgan fingerprint density at radius 2 is 2.25 bits per heavy atom. The second-order valence-corrected chi connectivity index (χ2v) is 4.26. The van der Waals surface area contributed by atoms with Crippen molar-refractivity contribution in [3.63, 3.8) is 0 Å². The molecule has 2 rings (SSSR count). The Bertz CT molecular complexity index is 343. The molecular formula is C12H19N3O. The van der Waals surface area contributed by atoms with E-state index in [1.54, 1.807) is 13.3 Å². The zero-order valence-electron chi connectivity index (χ0n) is 9.72. The molecule has 0 spiro atoms. The molecule has 0 aliphatic carbocycles. The van der Waals surface area contributed by atoms with Crippen LogP contribution in [0.5, 0.6) is 5.75 Å². The van der Waals surface area contributed by atoms with Gasteiger partial charge in [-0.05, 0) is 24.5 Å². The minimum Gasteiger partial charge on any atom is -0.495 e. The van der Waals surface area contributed by atoms with E-state index in [0.717, 1.165) is 24.3 Å². The van der Waals surface area contributed by atoms with Crippen LogP contribution in [0.15, 0.2) is 18.5 Å². The molecule has 1 saturated heterocycles. The normalized spacial score (nSPS) is 22.8. The van der Waals surface area contributed by atoms with E-state index in [-0.39, 0.29) is 6.04 Å². The van der Waals surface area contributed by atoms with Crippen LogP contribution in [0.3, 0.4) is 0 Å². The van der Waals surface area contributed by atoms with Crippen molar-refractivity contribution < 1.29 is 4.74 Å². The van der Waals surface area contributed by atoms with Crippen molar-refractivity contribution in [1.29, 1.82) is 0 Å². The average molecular weight is 221 g/mol. The fraction of sp³-hybridized carbons (Fsp3) is 0.583. The molecule has 1 aromatic heterocycles. The summed E-state index contributed by atoms with van der Waals surface area (Å²) in [6, 6.07) is 2.31. The van der Waals surface area contributed by atoms with Crippen LogP contribution < -0.4 is 10.6 Å². The first-order valence-electron chi connectivity index (χ1n) is 5.81. The number of methoxy groups -OCH3 is 1. The first kappa shape index (κ1) is 11.4. The Hall–Kier alpha value is -1.13. The van der Waals surface area contributed by atoms with E-state index in [9.17, 15) is 0 Å². The highest BCUT2D eigenvalue weighted by Gasteiger charge is 2.20. The van der Waals surface area contributed by atoms with Crippen LogP contribution in [0, 0.1) is 0 Å². The lowest BCUT2D eigenvalue weighted by Crippen LogP contribution is -2.34. The molecule has 4 nitrogen and oxygen atoms in total. The molecule has 2 N–H and O–H groups in total. The van der Waals surface area contributed by atoms with Crippen molar-refractivity contribution in [3.05, 3.63) is 24.0 Å². The van der Waals surface area contributed by atoms with Gasteiger partial charge in [0.2, 0.25) is 0 Å². The van der Waals surface area contributed by atoms with Crippen LogP contribution in [0.4, 0.5) is 0 Å². The van der Waals surface area contributed by atoms with E-state index in [2.05, 4.69) is 4.98 Å². The highest BCUT2D eigenvalue weighted by Crippen LogP contribution is 2.28. The third-order valence-electron chi connectivity index (χ3n) is 3.15. The zero-order valence-corrected chi connectivity index (χ0v) is 9.72. The van der Waals surface area contributed by atoms with E-state index in [1.165, 1.54) is 19.3 Å². The maximum absolute atomic E-state index is 6.07. The molecule has 1 fully saturated rings. The Balaban J connectivity index is 2.19. The summed E-state index contributed by atoms with van der Waals surface area (Å²) in [6.45, 7) is 0.960.